The van der Waals surface area contributed by atoms with Crippen molar-refractivity contribution in [3.63, 3.8) is 0 Å². The molecule has 1 aromatic carbocycles. The van der Waals surface area contributed by atoms with E-state index in [4.69, 9.17) is 9.84 Å². The number of nitrogens with zero attached hydrogens (tertiary/aromatic N) is 1. The van der Waals surface area contributed by atoms with Crippen LogP contribution in [0, 0.1) is 0 Å². The normalized spacial score (nSPS) is 21.3. The van der Waals surface area contributed by atoms with Crippen LogP contribution in [0.3, 0.4) is 0 Å². The van der Waals surface area contributed by atoms with E-state index >= 15 is 0 Å². The third-order valence-electron chi connectivity index (χ3n) is 2.99. The third-order valence-corrected chi connectivity index (χ3v) is 2.99. The second-order valence-electron chi connectivity index (χ2n) is 4.28. The summed E-state index contributed by atoms with van der Waals surface area (Å²) in [7, 11) is 0. The van der Waals surface area contributed by atoms with Gasteiger partial charge in [0.15, 0.2) is 0 Å². The van der Waals surface area contributed by atoms with Crippen molar-refractivity contribution in [3.05, 3.63) is 35.9 Å². The Morgan fingerprint density at radius 1 is 1.41 bits per heavy atom. The molecule has 0 aromatic heterocycles. The first-order valence-electron chi connectivity index (χ1n) is 5.83. The molecule has 1 aliphatic rings. The van der Waals surface area contributed by atoms with Gasteiger partial charge in [-0.15, -0.1) is 0 Å². The topological polar surface area (TPSA) is 49.8 Å². The number of morpholine rings is 1. The van der Waals surface area contributed by atoms with E-state index in [-0.39, 0.29) is 12.5 Å². The molecular weight excluding hydrogens is 218 g/mol. The maximum absolute atomic E-state index is 10.8. The molecule has 1 aliphatic heterocycles. The quantitative estimate of drug-likeness (QED) is 0.856. The molecule has 1 fully saturated rings. The average molecular weight is 235 g/mol. The molecular formula is C13H17NO3. The maximum atomic E-state index is 10.8. The Morgan fingerprint density at radius 2 is 2.18 bits per heavy atom. The van der Waals surface area contributed by atoms with Gasteiger partial charge in [0, 0.05) is 19.1 Å². The number of hydrogen-bond donors (Lipinski definition) is 1. The summed E-state index contributed by atoms with van der Waals surface area (Å²) in [4.78, 5) is 13.0. The summed E-state index contributed by atoms with van der Waals surface area (Å²) in [5.41, 5.74) is 1.21. The van der Waals surface area contributed by atoms with Gasteiger partial charge in [0.2, 0.25) is 0 Å². The SMILES string of the molecule is O=C(O)CC1COCCN1Cc1ccccc1. The van der Waals surface area contributed by atoms with Crippen LogP contribution in [0.15, 0.2) is 30.3 Å². The van der Waals surface area contributed by atoms with Gasteiger partial charge >= 0.3 is 5.97 Å². The zero-order chi connectivity index (χ0) is 12.1. The molecule has 4 heteroatoms. The summed E-state index contributed by atoms with van der Waals surface area (Å²) >= 11 is 0. The fourth-order valence-electron chi connectivity index (χ4n) is 2.10. The van der Waals surface area contributed by atoms with Gasteiger partial charge in [0.25, 0.3) is 0 Å². The lowest BCUT2D eigenvalue weighted by Crippen LogP contribution is -2.45. The van der Waals surface area contributed by atoms with Crippen LogP contribution in [0.25, 0.3) is 0 Å². The smallest absolute Gasteiger partial charge is 0.305 e. The van der Waals surface area contributed by atoms with Crippen molar-refractivity contribution < 1.29 is 14.6 Å². The van der Waals surface area contributed by atoms with Gasteiger partial charge in [-0.05, 0) is 5.56 Å². The number of benzene rings is 1. The molecule has 17 heavy (non-hydrogen) atoms. The molecule has 0 spiro atoms. The van der Waals surface area contributed by atoms with E-state index in [2.05, 4.69) is 17.0 Å². The van der Waals surface area contributed by atoms with Gasteiger partial charge < -0.3 is 9.84 Å². The largest absolute Gasteiger partial charge is 0.481 e. The van der Waals surface area contributed by atoms with Gasteiger partial charge in [0.05, 0.1) is 19.6 Å². The average Bonchev–Trinajstić information content (AvgIpc) is 2.32. The van der Waals surface area contributed by atoms with Crippen LogP contribution in [0.2, 0.25) is 0 Å². The molecule has 1 saturated heterocycles. The molecule has 1 heterocycles. The van der Waals surface area contributed by atoms with E-state index in [1.54, 1.807) is 0 Å². The molecule has 4 nitrogen and oxygen atoms in total. The van der Waals surface area contributed by atoms with Gasteiger partial charge in [-0.3, -0.25) is 9.69 Å². The Hall–Kier alpha value is -1.39. The zero-order valence-electron chi connectivity index (χ0n) is 9.71. The standard InChI is InChI=1S/C13H17NO3/c15-13(16)8-12-10-17-7-6-14(12)9-11-4-2-1-3-5-11/h1-5,12H,6-10H2,(H,15,16). The lowest BCUT2D eigenvalue weighted by atomic mass is 10.1. The molecule has 0 aliphatic carbocycles. The van der Waals surface area contributed by atoms with Crippen LogP contribution >= 0.6 is 0 Å². The molecule has 1 unspecified atom stereocenters. The van der Waals surface area contributed by atoms with Gasteiger partial charge in [-0.2, -0.15) is 0 Å². The van der Waals surface area contributed by atoms with Crippen LogP contribution in [0.1, 0.15) is 12.0 Å². The minimum Gasteiger partial charge on any atom is -0.481 e. The lowest BCUT2D eigenvalue weighted by molar-refractivity contribution is -0.140. The second-order valence-corrected chi connectivity index (χ2v) is 4.28. The monoisotopic (exact) mass is 235 g/mol. The number of hydrogen-bond acceptors (Lipinski definition) is 3. The Bertz CT molecular complexity index is 366. The van der Waals surface area contributed by atoms with E-state index in [0.29, 0.717) is 13.2 Å². The fourth-order valence-corrected chi connectivity index (χ4v) is 2.10. The number of ether oxygens (including phenoxy) is 1. The van der Waals surface area contributed by atoms with Crippen molar-refractivity contribution in [3.8, 4) is 0 Å². The summed E-state index contributed by atoms with van der Waals surface area (Å²) in [6.07, 6.45) is 0.146. The Morgan fingerprint density at radius 3 is 2.88 bits per heavy atom. The molecule has 1 atom stereocenters. The Kier molecular flexibility index (Phi) is 4.12. The highest BCUT2D eigenvalue weighted by Gasteiger charge is 2.25. The first kappa shape index (κ1) is 12.1. The van der Waals surface area contributed by atoms with Crippen molar-refractivity contribution in [1.29, 1.82) is 0 Å². The molecule has 92 valence electrons. The summed E-state index contributed by atoms with van der Waals surface area (Å²) in [6.45, 7) is 2.79. The molecule has 0 bridgehead atoms. The third kappa shape index (κ3) is 3.54. The predicted octanol–water partition coefficient (Wildman–Crippen LogP) is 1.36. The first-order chi connectivity index (χ1) is 8.25. The fraction of sp³-hybridized carbons (Fsp3) is 0.462. The van der Waals surface area contributed by atoms with Crippen LogP contribution in [-0.2, 0) is 16.1 Å². The number of carboxylic acids is 1. The van der Waals surface area contributed by atoms with Gasteiger partial charge in [0.1, 0.15) is 0 Å². The first-order valence-corrected chi connectivity index (χ1v) is 5.83. The second kappa shape index (κ2) is 5.80. The summed E-state index contributed by atoms with van der Waals surface area (Å²) < 4.78 is 5.35. The highest BCUT2D eigenvalue weighted by molar-refractivity contribution is 5.67. The number of carbonyl (C=O) groups is 1. The Labute approximate surface area is 101 Å². The lowest BCUT2D eigenvalue weighted by Gasteiger charge is -2.34. The number of rotatable bonds is 4. The van der Waals surface area contributed by atoms with Crippen molar-refractivity contribution in [2.45, 2.75) is 19.0 Å². The highest BCUT2D eigenvalue weighted by Crippen LogP contribution is 2.14. The predicted molar refractivity (Wildman–Crippen MR) is 63.7 cm³/mol. The van der Waals surface area contributed by atoms with Crippen LogP contribution in [0.4, 0.5) is 0 Å². The summed E-state index contributed by atoms with van der Waals surface area (Å²) in [5.74, 6) is -0.765. The van der Waals surface area contributed by atoms with Crippen LogP contribution < -0.4 is 0 Å². The summed E-state index contributed by atoms with van der Waals surface area (Å²) in [6, 6.07) is 10.1. The van der Waals surface area contributed by atoms with E-state index in [0.717, 1.165) is 13.1 Å². The number of aliphatic carboxylic acids is 1. The molecule has 0 saturated carbocycles. The van der Waals surface area contributed by atoms with Gasteiger partial charge in [-0.25, -0.2) is 0 Å². The highest BCUT2D eigenvalue weighted by atomic mass is 16.5. The molecule has 0 radical (unpaired) electrons. The molecule has 0 amide bonds. The van der Waals surface area contributed by atoms with Crippen molar-refractivity contribution in [1.82, 2.24) is 4.90 Å². The van der Waals surface area contributed by atoms with Crippen LogP contribution in [0.5, 0.6) is 0 Å². The van der Waals surface area contributed by atoms with E-state index in [1.807, 2.05) is 18.2 Å². The molecule has 1 N–H and O–H groups in total. The van der Waals surface area contributed by atoms with Gasteiger partial charge in [-0.1, -0.05) is 30.3 Å². The Balaban J connectivity index is 1.99. The number of carboxylic acid groups (broad SMARTS) is 1. The van der Waals surface area contributed by atoms with Crippen molar-refractivity contribution >= 4 is 5.97 Å². The summed E-state index contributed by atoms with van der Waals surface area (Å²) in [5, 5.41) is 8.87. The molecule has 2 rings (SSSR count). The van der Waals surface area contributed by atoms with E-state index in [9.17, 15) is 4.79 Å². The van der Waals surface area contributed by atoms with E-state index < -0.39 is 5.97 Å². The van der Waals surface area contributed by atoms with Crippen molar-refractivity contribution in [2.24, 2.45) is 0 Å². The van der Waals surface area contributed by atoms with E-state index in [1.165, 1.54) is 5.56 Å². The van der Waals surface area contributed by atoms with Crippen molar-refractivity contribution in [2.75, 3.05) is 19.8 Å². The zero-order valence-corrected chi connectivity index (χ0v) is 9.71. The molecule has 1 aromatic rings. The maximum Gasteiger partial charge on any atom is 0.305 e. The van der Waals surface area contributed by atoms with Crippen LogP contribution in [-0.4, -0.2) is 41.8 Å². The minimum absolute atomic E-state index is 0.0125. The minimum atomic E-state index is -0.765.